The van der Waals surface area contributed by atoms with Gasteiger partial charge in [-0.05, 0) is 18.1 Å². The summed E-state index contributed by atoms with van der Waals surface area (Å²) in [6.07, 6.45) is 0.755. The maximum Gasteiger partial charge on any atom is 0.162 e. The Morgan fingerprint density at radius 1 is 1.40 bits per heavy atom. The van der Waals surface area contributed by atoms with Gasteiger partial charge in [-0.25, -0.2) is 8.78 Å². The molecule has 0 radical (unpaired) electrons. The fourth-order valence-corrected chi connectivity index (χ4v) is 1.79. The Bertz CT molecular complexity index is 392. The fraction of sp³-hybridized carbons (Fsp3) is 0.364. The first-order valence-electron chi connectivity index (χ1n) is 4.85. The van der Waals surface area contributed by atoms with E-state index < -0.39 is 11.6 Å². The van der Waals surface area contributed by atoms with Crippen molar-refractivity contribution in [2.45, 2.75) is 18.9 Å². The van der Waals surface area contributed by atoms with Gasteiger partial charge in [-0.1, -0.05) is 12.1 Å². The Balaban J connectivity index is 2.11. The molecule has 2 rings (SSSR count). The van der Waals surface area contributed by atoms with Crippen LogP contribution in [-0.2, 0) is 11.2 Å². The highest BCUT2D eigenvalue weighted by atomic mass is 19.2. The lowest BCUT2D eigenvalue weighted by Gasteiger charge is -2.09. The molecule has 1 aliphatic heterocycles. The molecular weight excluding hydrogens is 200 g/mol. The molecule has 1 heterocycles. The number of ketones is 1. The highest BCUT2D eigenvalue weighted by molar-refractivity contribution is 5.83. The summed E-state index contributed by atoms with van der Waals surface area (Å²) in [5.41, 5.74) is 0.321. The standard InChI is InChI=1S/C11H11F2NO/c12-10-3-1-2-7(11(10)13)4-8-5-9(15)6-14-8/h1-3,8,14H,4-6H2. The van der Waals surface area contributed by atoms with Gasteiger partial charge in [-0.15, -0.1) is 0 Å². The molecule has 1 aromatic rings. The lowest BCUT2D eigenvalue weighted by Crippen LogP contribution is -2.24. The second-order valence-corrected chi connectivity index (χ2v) is 3.74. The van der Waals surface area contributed by atoms with Crippen LogP contribution in [0.4, 0.5) is 8.78 Å². The Kier molecular flexibility index (Phi) is 2.77. The van der Waals surface area contributed by atoms with Crippen molar-refractivity contribution in [3.05, 3.63) is 35.4 Å². The minimum Gasteiger partial charge on any atom is -0.306 e. The maximum absolute atomic E-state index is 13.3. The lowest BCUT2D eigenvalue weighted by atomic mass is 10.0. The van der Waals surface area contributed by atoms with Crippen LogP contribution in [0.2, 0.25) is 0 Å². The fourth-order valence-electron chi connectivity index (χ4n) is 1.79. The summed E-state index contributed by atoms with van der Waals surface area (Å²) in [4.78, 5) is 11.0. The van der Waals surface area contributed by atoms with Gasteiger partial charge in [0.25, 0.3) is 0 Å². The molecule has 15 heavy (non-hydrogen) atoms. The molecular formula is C11H11F2NO. The van der Waals surface area contributed by atoms with Crippen molar-refractivity contribution in [3.8, 4) is 0 Å². The van der Waals surface area contributed by atoms with E-state index in [4.69, 9.17) is 0 Å². The summed E-state index contributed by atoms with van der Waals surface area (Å²) in [6.45, 7) is 0.335. The third-order valence-corrected chi connectivity index (χ3v) is 2.56. The lowest BCUT2D eigenvalue weighted by molar-refractivity contribution is -0.116. The second-order valence-electron chi connectivity index (χ2n) is 3.74. The van der Waals surface area contributed by atoms with E-state index in [0.29, 0.717) is 24.9 Å². The first kappa shape index (κ1) is 10.2. The van der Waals surface area contributed by atoms with Crippen LogP contribution >= 0.6 is 0 Å². The van der Waals surface area contributed by atoms with Gasteiger partial charge in [0.1, 0.15) is 5.78 Å². The third kappa shape index (κ3) is 2.21. The average molecular weight is 211 g/mol. The molecule has 0 aliphatic carbocycles. The summed E-state index contributed by atoms with van der Waals surface area (Å²) in [5.74, 6) is -1.52. The molecule has 4 heteroatoms. The molecule has 1 saturated heterocycles. The zero-order chi connectivity index (χ0) is 10.8. The van der Waals surface area contributed by atoms with Gasteiger partial charge in [0.2, 0.25) is 0 Å². The summed E-state index contributed by atoms with van der Waals surface area (Å²) >= 11 is 0. The summed E-state index contributed by atoms with van der Waals surface area (Å²) < 4.78 is 26.1. The molecule has 1 atom stereocenters. The van der Waals surface area contributed by atoms with Crippen LogP contribution in [-0.4, -0.2) is 18.4 Å². The predicted molar refractivity (Wildman–Crippen MR) is 51.5 cm³/mol. The van der Waals surface area contributed by atoms with Crippen LogP contribution in [0, 0.1) is 11.6 Å². The molecule has 0 bridgehead atoms. The van der Waals surface area contributed by atoms with E-state index in [9.17, 15) is 13.6 Å². The Morgan fingerprint density at radius 2 is 2.20 bits per heavy atom. The molecule has 1 unspecified atom stereocenters. The number of carbonyl (C=O) groups excluding carboxylic acids is 1. The van der Waals surface area contributed by atoms with Crippen LogP contribution in [0.3, 0.4) is 0 Å². The Labute approximate surface area is 86.3 Å². The number of benzene rings is 1. The zero-order valence-corrected chi connectivity index (χ0v) is 8.09. The number of rotatable bonds is 2. The molecule has 1 N–H and O–H groups in total. The minimum absolute atomic E-state index is 0.0613. The van der Waals surface area contributed by atoms with Crippen molar-refractivity contribution < 1.29 is 13.6 Å². The topological polar surface area (TPSA) is 29.1 Å². The normalized spacial score (nSPS) is 20.9. The average Bonchev–Trinajstić information content (AvgIpc) is 2.59. The summed E-state index contributed by atoms with van der Waals surface area (Å²) in [6, 6.07) is 4.05. The highest BCUT2D eigenvalue weighted by Gasteiger charge is 2.22. The third-order valence-electron chi connectivity index (χ3n) is 2.56. The molecule has 1 aromatic carbocycles. The molecule has 0 spiro atoms. The van der Waals surface area contributed by atoms with E-state index in [0.717, 1.165) is 6.07 Å². The van der Waals surface area contributed by atoms with Crippen LogP contribution in [0.15, 0.2) is 18.2 Å². The van der Waals surface area contributed by atoms with Gasteiger partial charge in [-0.2, -0.15) is 0 Å². The van der Waals surface area contributed by atoms with Crippen LogP contribution in [0.1, 0.15) is 12.0 Å². The maximum atomic E-state index is 13.3. The van der Waals surface area contributed by atoms with E-state index in [2.05, 4.69) is 5.32 Å². The quantitative estimate of drug-likeness (QED) is 0.802. The molecule has 1 fully saturated rings. The second kappa shape index (κ2) is 4.06. The molecule has 0 saturated carbocycles. The number of hydrogen-bond donors (Lipinski definition) is 1. The van der Waals surface area contributed by atoms with Crippen molar-refractivity contribution in [1.29, 1.82) is 0 Å². The summed E-state index contributed by atoms with van der Waals surface area (Å²) in [7, 11) is 0. The van der Waals surface area contributed by atoms with E-state index in [1.54, 1.807) is 6.07 Å². The van der Waals surface area contributed by atoms with Gasteiger partial charge in [0.15, 0.2) is 11.6 Å². The van der Waals surface area contributed by atoms with Crippen molar-refractivity contribution in [1.82, 2.24) is 5.32 Å². The SMILES string of the molecule is O=C1CNC(Cc2cccc(F)c2F)C1. The van der Waals surface area contributed by atoms with Gasteiger partial charge in [0.05, 0.1) is 6.54 Å². The highest BCUT2D eigenvalue weighted by Crippen LogP contribution is 2.15. The van der Waals surface area contributed by atoms with Crippen LogP contribution in [0.5, 0.6) is 0 Å². The number of Topliss-reactive ketones (excluding diaryl/α,β-unsaturated/α-hetero) is 1. The van der Waals surface area contributed by atoms with Gasteiger partial charge in [-0.3, -0.25) is 4.79 Å². The van der Waals surface area contributed by atoms with Crippen molar-refractivity contribution in [2.24, 2.45) is 0 Å². The van der Waals surface area contributed by atoms with Crippen molar-refractivity contribution in [3.63, 3.8) is 0 Å². The molecule has 1 aliphatic rings. The smallest absolute Gasteiger partial charge is 0.162 e. The van der Waals surface area contributed by atoms with Crippen LogP contribution < -0.4 is 5.32 Å². The largest absolute Gasteiger partial charge is 0.306 e. The number of hydrogen-bond acceptors (Lipinski definition) is 2. The van der Waals surface area contributed by atoms with Gasteiger partial charge >= 0.3 is 0 Å². The van der Waals surface area contributed by atoms with E-state index in [-0.39, 0.29) is 11.8 Å². The predicted octanol–water partition coefficient (Wildman–Crippen LogP) is 1.44. The molecule has 80 valence electrons. The monoisotopic (exact) mass is 211 g/mol. The molecule has 2 nitrogen and oxygen atoms in total. The first-order valence-corrected chi connectivity index (χ1v) is 4.85. The number of nitrogens with one attached hydrogen (secondary N) is 1. The Morgan fingerprint density at radius 3 is 2.87 bits per heavy atom. The number of halogens is 2. The van der Waals surface area contributed by atoms with E-state index in [1.807, 2.05) is 0 Å². The zero-order valence-electron chi connectivity index (χ0n) is 8.09. The molecule has 0 aromatic heterocycles. The first-order chi connectivity index (χ1) is 7.16. The Hall–Kier alpha value is -1.29. The summed E-state index contributed by atoms with van der Waals surface area (Å²) in [5, 5.41) is 2.96. The van der Waals surface area contributed by atoms with Gasteiger partial charge in [0, 0.05) is 12.5 Å². The van der Waals surface area contributed by atoms with Crippen LogP contribution in [0.25, 0.3) is 0 Å². The van der Waals surface area contributed by atoms with E-state index in [1.165, 1.54) is 6.07 Å². The number of carbonyl (C=O) groups is 1. The van der Waals surface area contributed by atoms with E-state index >= 15 is 0 Å². The minimum atomic E-state index is -0.836. The van der Waals surface area contributed by atoms with Crippen molar-refractivity contribution in [2.75, 3.05) is 6.54 Å². The van der Waals surface area contributed by atoms with Crippen molar-refractivity contribution >= 4 is 5.78 Å². The molecule has 0 amide bonds. The van der Waals surface area contributed by atoms with Gasteiger partial charge < -0.3 is 5.32 Å².